The van der Waals surface area contributed by atoms with Crippen LogP contribution in [-0.2, 0) is 11.2 Å². The molecule has 92 valence electrons. The molecule has 2 rings (SSSR count). The van der Waals surface area contributed by atoms with Gasteiger partial charge in [-0.1, -0.05) is 6.92 Å². The molecule has 1 aliphatic heterocycles. The average Bonchev–Trinajstić information content (AvgIpc) is 2.36. The van der Waals surface area contributed by atoms with Crippen LogP contribution in [0.1, 0.15) is 25.3 Å². The van der Waals surface area contributed by atoms with Gasteiger partial charge in [0.15, 0.2) is 0 Å². The first kappa shape index (κ1) is 11.9. The van der Waals surface area contributed by atoms with Crippen molar-refractivity contribution in [2.75, 3.05) is 11.9 Å². The van der Waals surface area contributed by atoms with Gasteiger partial charge in [-0.25, -0.2) is 0 Å². The second-order valence-corrected chi connectivity index (χ2v) is 4.25. The van der Waals surface area contributed by atoms with E-state index in [1.165, 1.54) is 0 Å². The van der Waals surface area contributed by atoms with Crippen LogP contribution in [0.25, 0.3) is 0 Å². The van der Waals surface area contributed by atoms with E-state index < -0.39 is 0 Å². The van der Waals surface area contributed by atoms with Crippen molar-refractivity contribution in [3.63, 3.8) is 0 Å². The highest BCUT2D eigenvalue weighted by Gasteiger charge is 2.15. The number of ether oxygens (including phenoxy) is 1. The first-order valence-electron chi connectivity index (χ1n) is 6.02. The van der Waals surface area contributed by atoms with E-state index in [4.69, 9.17) is 10.5 Å². The molecule has 1 atom stereocenters. The number of hydrogen-bond donors (Lipinski definition) is 2. The first-order valence-corrected chi connectivity index (χ1v) is 6.02. The minimum atomic E-state index is 0.0613. The summed E-state index contributed by atoms with van der Waals surface area (Å²) in [4.78, 5) is 11.2. The van der Waals surface area contributed by atoms with E-state index >= 15 is 0 Å². The van der Waals surface area contributed by atoms with Crippen LogP contribution in [0.15, 0.2) is 18.2 Å². The molecule has 0 aromatic heterocycles. The van der Waals surface area contributed by atoms with E-state index in [1.807, 2.05) is 18.2 Å². The number of aryl methyl sites for hydroxylation is 1. The standard InChI is InChI=1S/C13H18N2O2/c1-2-10(8-14)17-11-4-5-12-9(7-11)3-6-13(16)15-12/h4-5,7,10H,2-3,6,8,14H2,1H3,(H,15,16). The van der Waals surface area contributed by atoms with Crippen molar-refractivity contribution in [2.24, 2.45) is 5.73 Å². The number of carbonyl (C=O) groups is 1. The van der Waals surface area contributed by atoms with Crippen LogP contribution in [-0.4, -0.2) is 18.6 Å². The Hall–Kier alpha value is -1.55. The number of rotatable bonds is 4. The molecule has 1 aliphatic rings. The quantitative estimate of drug-likeness (QED) is 0.833. The van der Waals surface area contributed by atoms with Crippen LogP contribution in [0, 0.1) is 0 Å². The predicted molar refractivity (Wildman–Crippen MR) is 67.2 cm³/mol. The number of amides is 1. The molecule has 0 spiro atoms. The number of anilines is 1. The third-order valence-corrected chi connectivity index (χ3v) is 2.99. The minimum absolute atomic E-state index is 0.0613. The Morgan fingerprint density at radius 2 is 2.29 bits per heavy atom. The third-order valence-electron chi connectivity index (χ3n) is 2.99. The van der Waals surface area contributed by atoms with E-state index in [-0.39, 0.29) is 12.0 Å². The average molecular weight is 234 g/mol. The number of fused-ring (bicyclic) bond motifs is 1. The number of nitrogens with one attached hydrogen (secondary N) is 1. The molecule has 0 radical (unpaired) electrons. The van der Waals surface area contributed by atoms with Crippen molar-refractivity contribution in [1.29, 1.82) is 0 Å². The molecule has 0 aliphatic carbocycles. The maximum Gasteiger partial charge on any atom is 0.224 e. The van der Waals surface area contributed by atoms with Crippen LogP contribution in [0.2, 0.25) is 0 Å². The van der Waals surface area contributed by atoms with Gasteiger partial charge in [-0.3, -0.25) is 4.79 Å². The lowest BCUT2D eigenvalue weighted by Crippen LogP contribution is -2.26. The highest BCUT2D eigenvalue weighted by Crippen LogP contribution is 2.27. The summed E-state index contributed by atoms with van der Waals surface area (Å²) in [5.41, 5.74) is 7.64. The summed E-state index contributed by atoms with van der Waals surface area (Å²) in [6.45, 7) is 2.57. The van der Waals surface area contributed by atoms with E-state index in [2.05, 4.69) is 12.2 Å². The second-order valence-electron chi connectivity index (χ2n) is 4.25. The SMILES string of the molecule is CCC(CN)Oc1ccc2c(c1)CCC(=O)N2. The van der Waals surface area contributed by atoms with E-state index in [0.717, 1.165) is 29.8 Å². The molecule has 0 saturated heterocycles. The van der Waals surface area contributed by atoms with Crippen molar-refractivity contribution < 1.29 is 9.53 Å². The molecule has 1 amide bonds. The van der Waals surface area contributed by atoms with Crippen molar-refractivity contribution in [2.45, 2.75) is 32.3 Å². The first-order chi connectivity index (χ1) is 8.22. The minimum Gasteiger partial charge on any atom is -0.489 e. The summed E-state index contributed by atoms with van der Waals surface area (Å²) in [7, 11) is 0. The number of nitrogens with two attached hydrogens (primary N) is 1. The highest BCUT2D eigenvalue weighted by molar-refractivity contribution is 5.93. The lowest BCUT2D eigenvalue weighted by Gasteiger charge is -2.20. The van der Waals surface area contributed by atoms with Gasteiger partial charge in [-0.15, -0.1) is 0 Å². The molecular formula is C13H18N2O2. The van der Waals surface area contributed by atoms with E-state index in [0.29, 0.717) is 13.0 Å². The van der Waals surface area contributed by atoms with Gasteiger partial charge < -0.3 is 15.8 Å². The van der Waals surface area contributed by atoms with Gasteiger partial charge in [0.2, 0.25) is 5.91 Å². The van der Waals surface area contributed by atoms with Crippen LogP contribution in [0.4, 0.5) is 5.69 Å². The maximum atomic E-state index is 11.2. The van der Waals surface area contributed by atoms with Gasteiger partial charge in [-0.05, 0) is 36.6 Å². The zero-order valence-corrected chi connectivity index (χ0v) is 10.0. The van der Waals surface area contributed by atoms with E-state index in [9.17, 15) is 4.79 Å². The normalized spacial score (nSPS) is 16.0. The fourth-order valence-corrected chi connectivity index (χ4v) is 1.92. The Kier molecular flexibility index (Phi) is 3.64. The van der Waals surface area contributed by atoms with E-state index in [1.54, 1.807) is 0 Å². The molecule has 0 saturated carbocycles. The Bertz CT molecular complexity index is 414. The fourth-order valence-electron chi connectivity index (χ4n) is 1.92. The molecule has 0 bridgehead atoms. The molecule has 1 unspecified atom stereocenters. The summed E-state index contributed by atoms with van der Waals surface area (Å²) in [6.07, 6.45) is 2.28. The van der Waals surface area contributed by atoms with Crippen molar-refractivity contribution in [1.82, 2.24) is 0 Å². The topological polar surface area (TPSA) is 64.3 Å². The van der Waals surface area contributed by atoms with Crippen molar-refractivity contribution in [3.05, 3.63) is 23.8 Å². The summed E-state index contributed by atoms with van der Waals surface area (Å²) in [6, 6.07) is 5.76. The molecule has 17 heavy (non-hydrogen) atoms. The summed E-state index contributed by atoms with van der Waals surface area (Å²) >= 11 is 0. The molecular weight excluding hydrogens is 216 g/mol. The Balaban J connectivity index is 2.13. The Morgan fingerprint density at radius 3 is 3.00 bits per heavy atom. The number of benzene rings is 1. The maximum absolute atomic E-state index is 11.2. The smallest absolute Gasteiger partial charge is 0.224 e. The van der Waals surface area contributed by atoms with Crippen LogP contribution < -0.4 is 15.8 Å². The Labute approximate surface area is 101 Å². The van der Waals surface area contributed by atoms with Crippen LogP contribution in [0.3, 0.4) is 0 Å². The molecule has 3 N–H and O–H groups in total. The molecule has 0 fully saturated rings. The largest absolute Gasteiger partial charge is 0.489 e. The number of carbonyl (C=O) groups excluding carboxylic acids is 1. The van der Waals surface area contributed by atoms with Gasteiger partial charge in [0.1, 0.15) is 11.9 Å². The second kappa shape index (κ2) is 5.19. The van der Waals surface area contributed by atoms with Gasteiger partial charge >= 0.3 is 0 Å². The van der Waals surface area contributed by atoms with Gasteiger partial charge in [0.25, 0.3) is 0 Å². The third kappa shape index (κ3) is 2.77. The lowest BCUT2D eigenvalue weighted by molar-refractivity contribution is -0.116. The summed E-state index contributed by atoms with van der Waals surface area (Å²) < 4.78 is 5.77. The van der Waals surface area contributed by atoms with Crippen molar-refractivity contribution >= 4 is 11.6 Å². The molecule has 1 aromatic carbocycles. The fraction of sp³-hybridized carbons (Fsp3) is 0.462. The van der Waals surface area contributed by atoms with Crippen molar-refractivity contribution in [3.8, 4) is 5.75 Å². The summed E-state index contributed by atoms with van der Waals surface area (Å²) in [5, 5.41) is 2.85. The van der Waals surface area contributed by atoms with Gasteiger partial charge in [0.05, 0.1) is 0 Å². The van der Waals surface area contributed by atoms with Crippen LogP contribution >= 0.6 is 0 Å². The molecule has 4 nitrogen and oxygen atoms in total. The lowest BCUT2D eigenvalue weighted by atomic mass is 10.0. The zero-order chi connectivity index (χ0) is 12.3. The van der Waals surface area contributed by atoms with Crippen LogP contribution in [0.5, 0.6) is 5.75 Å². The Morgan fingerprint density at radius 1 is 1.47 bits per heavy atom. The zero-order valence-electron chi connectivity index (χ0n) is 10.0. The molecule has 1 heterocycles. The number of hydrogen-bond acceptors (Lipinski definition) is 3. The highest BCUT2D eigenvalue weighted by atomic mass is 16.5. The molecule has 4 heteroatoms. The predicted octanol–water partition coefficient (Wildman–Crippen LogP) is 1.69. The molecule has 1 aromatic rings. The summed E-state index contributed by atoms with van der Waals surface area (Å²) in [5.74, 6) is 0.914. The van der Waals surface area contributed by atoms with Gasteiger partial charge in [-0.2, -0.15) is 0 Å². The monoisotopic (exact) mass is 234 g/mol. The van der Waals surface area contributed by atoms with Gasteiger partial charge in [0, 0.05) is 18.7 Å².